The van der Waals surface area contributed by atoms with E-state index in [2.05, 4.69) is 11.9 Å². The molecule has 3 heteroatoms. The molecule has 0 aliphatic rings. The van der Waals surface area contributed by atoms with E-state index < -0.39 is 0 Å². The zero-order valence-corrected chi connectivity index (χ0v) is 7.68. The summed E-state index contributed by atoms with van der Waals surface area (Å²) in [6, 6.07) is 0.0652. The lowest BCUT2D eigenvalue weighted by molar-refractivity contribution is -0.121. The smallest absolute Gasteiger partial charge is 0.220 e. The lowest BCUT2D eigenvalue weighted by Gasteiger charge is -2.08. The Labute approximate surface area is 74.0 Å². The molecule has 0 heterocycles. The van der Waals surface area contributed by atoms with E-state index in [4.69, 9.17) is 5.73 Å². The third-order valence-corrected chi connectivity index (χ3v) is 1.60. The maximum absolute atomic E-state index is 11.1. The van der Waals surface area contributed by atoms with Crippen LogP contribution in [0.5, 0.6) is 0 Å². The summed E-state index contributed by atoms with van der Waals surface area (Å²) in [5, 5.41) is 2.79. The van der Waals surface area contributed by atoms with Crippen molar-refractivity contribution in [1.29, 1.82) is 0 Å². The number of hydrogen-bond acceptors (Lipinski definition) is 2. The molecular formula is C9H18N2O. The largest absolute Gasteiger partial charge is 0.350 e. The van der Waals surface area contributed by atoms with Crippen molar-refractivity contribution in [3.8, 4) is 0 Å². The summed E-state index contributed by atoms with van der Waals surface area (Å²) >= 11 is 0. The maximum atomic E-state index is 11.1. The van der Waals surface area contributed by atoms with Crippen molar-refractivity contribution in [3.05, 3.63) is 12.7 Å². The van der Waals surface area contributed by atoms with Crippen LogP contribution in [0.15, 0.2) is 12.7 Å². The van der Waals surface area contributed by atoms with Gasteiger partial charge in [0.2, 0.25) is 5.91 Å². The van der Waals surface area contributed by atoms with Gasteiger partial charge in [0.05, 0.1) is 0 Å². The first-order valence-electron chi connectivity index (χ1n) is 4.32. The van der Waals surface area contributed by atoms with Gasteiger partial charge in [0.1, 0.15) is 0 Å². The van der Waals surface area contributed by atoms with E-state index in [1.54, 1.807) is 6.08 Å². The minimum Gasteiger partial charge on any atom is -0.350 e. The normalized spacial score (nSPS) is 12.2. The second-order valence-corrected chi connectivity index (χ2v) is 2.84. The van der Waals surface area contributed by atoms with Gasteiger partial charge in [0.15, 0.2) is 0 Å². The van der Waals surface area contributed by atoms with E-state index in [0.717, 1.165) is 12.8 Å². The summed E-state index contributed by atoms with van der Waals surface area (Å²) in [6.07, 6.45) is 4.05. The fourth-order valence-electron chi connectivity index (χ4n) is 0.815. The minimum absolute atomic E-state index is 0.0652. The number of unbranched alkanes of at least 4 members (excludes halogenated alkanes) is 1. The van der Waals surface area contributed by atoms with Crippen molar-refractivity contribution < 1.29 is 4.79 Å². The second kappa shape index (κ2) is 6.85. The van der Waals surface area contributed by atoms with Gasteiger partial charge in [-0.15, -0.1) is 6.58 Å². The summed E-state index contributed by atoms with van der Waals surface area (Å²) in [7, 11) is 0. The Bertz CT molecular complexity index is 145. The molecule has 0 aromatic heterocycles. The van der Waals surface area contributed by atoms with Crippen molar-refractivity contribution in [2.75, 3.05) is 6.54 Å². The summed E-state index contributed by atoms with van der Waals surface area (Å²) < 4.78 is 0. The molecular weight excluding hydrogens is 152 g/mol. The van der Waals surface area contributed by atoms with Gasteiger partial charge in [-0.05, 0) is 26.3 Å². The van der Waals surface area contributed by atoms with Gasteiger partial charge in [-0.25, -0.2) is 0 Å². The number of hydrogen-bond donors (Lipinski definition) is 2. The van der Waals surface area contributed by atoms with Gasteiger partial charge in [-0.2, -0.15) is 0 Å². The Morgan fingerprint density at radius 2 is 2.33 bits per heavy atom. The Balaban J connectivity index is 3.39. The molecule has 0 bridgehead atoms. The fraction of sp³-hybridized carbons (Fsp3) is 0.667. The molecule has 0 aromatic rings. The highest BCUT2D eigenvalue weighted by Gasteiger charge is 2.02. The molecule has 1 unspecified atom stereocenters. The predicted octanol–water partition coefficient (Wildman–Crippen LogP) is 0.806. The molecule has 3 N–H and O–H groups in total. The highest BCUT2D eigenvalue weighted by molar-refractivity contribution is 5.76. The highest BCUT2D eigenvalue weighted by Crippen LogP contribution is 1.94. The van der Waals surface area contributed by atoms with Crippen molar-refractivity contribution in [3.63, 3.8) is 0 Å². The molecule has 0 aromatic carbocycles. The first-order valence-corrected chi connectivity index (χ1v) is 4.32. The molecule has 0 fully saturated rings. The molecule has 0 aliphatic heterocycles. The van der Waals surface area contributed by atoms with E-state index in [1.165, 1.54) is 0 Å². The van der Waals surface area contributed by atoms with Crippen LogP contribution < -0.4 is 11.1 Å². The van der Waals surface area contributed by atoms with Crippen LogP contribution in [-0.2, 0) is 4.79 Å². The van der Waals surface area contributed by atoms with Crippen molar-refractivity contribution >= 4 is 5.91 Å². The average Bonchev–Trinajstić information content (AvgIpc) is 2.05. The zero-order chi connectivity index (χ0) is 9.40. The molecule has 0 spiro atoms. The molecule has 0 saturated heterocycles. The molecule has 12 heavy (non-hydrogen) atoms. The third kappa shape index (κ3) is 5.92. The van der Waals surface area contributed by atoms with E-state index in [-0.39, 0.29) is 11.9 Å². The lowest BCUT2D eigenvalue weighted by Crippen LogP contribution is -2.30. The zero-order valence-electron chi connectivity index (χ0n) is 7.68. The quantitative estimate of drug-likeness (QED) is 0.458. The number of nitrogens with one attached hydrogen (secondary N) is 1. The van der Waals surface area contributed by atoms with E-state index >= 15 is 0 Å². The van der Waals surface area contributed by atoms with Gasteiger partial charge in [0, 0.05) is 12.5 Å². The average molecular weight is 170 g/mol. The molecule has 0 aliphatic carbocycles. The molecule has 1 amide bonds. The first kappa shape index (κ1) is 11.2. The number of carbonyl (C=O) groups excluding carboxylic acids is 1. The first-order chi connectivity index (χ1) is 5.70. The van der Waals surface area contributed by atoms with Gasteiger partial charge in [-0.3, -0.25) is 4.79 Å². The summed E-state index contributed by atoms with van der Waals surface area (Å²) in [5.41, 5.74) is 5.29. The van der Waals surface area contributed by atoms with Crippen LogP contribution in [0, 0.1) is 0 Å². The van der Waals surface area contributed by atoms with Crippen LogP contribution >= 0.6 is 0 Å². The summed E-state index contributed by atoms with van der Waals surface area (Å²) in [4.78, 5) is 11.1. The standard InChI is InChI=1S/C9H18N2O/c1-3-8(2)11-9(12)6-4-5-7-10/h3,8H,1,4-7,10H2,2H3,(H,11,12). The predicted molar refractivity (Wildman–Crippen MR) is 50.7 cm³/mol. The van der Waals surface area contributed by atoms with Crippen LogP contribution in [0.4, 0.5) is 0 Å². The highest BCUT2D eigenvalue weighted by atomic mass is 16.1. The van der Waals surface area contributed by atoms with Crippen molar-refractivity contribution in [2.24, 2.45) is 5.73 Å². The maximum Gasteiger partial charge on any atom is 0.220 e. The molecule has 0 saturated carbocycles. The summed E-state index contributed by atoms with van der Waals surface area (Å²) in [6.45, 7) is 6.13. The van der Waals surface area contributed by atoms with Gasteiger partial charge in [0.25, 0.3) is 0 Å². The van der Waals surface area contributed by atoms with E-state index in [0.29, 0.717) is 13.0 Å². The van der Waals surface area contributed by atoms with Crippen LogP contribution in [0.1, 0.15) is 26.2 Å². The minimum atomic E-state index is 0.0652. The van der Waals surface area contributed by atoms with Crippen molar-refractivity contribution in [2.45, 2.75) is 32.2 Å². The van der Waals surface area contributed by atoms with Gasteiger partial charge < -0.3 is 11.1 Å². The summed E-state index contributed by atoms with van der Waals surface area (Å²) in [5.74, 6) is 0.0795. The number of amides is 1. The topological polar surface area (TPSA) is 55.1 Å². The number of nitrogens with two attached hydrogens (primary N) is 1. The third-order valence-electron chi connectivity index (χ3n) is 1.60. The molecule has 0 radical (unpaired) electrons. The van der Waals surface area contributed by atoms with Crippen LogP contribution in [0.3, 0.4) is 0 Å². The van der Waals surface area contributed by atoms with Crippen LogP contribution in [0.25, 0.3) is 0 Å². The van der Waals surface area contributed by atoms with Gasteiger partial charge >= 0.3 is 0 Å². The van der Waals surface area contributed by atoms with E-state index in [9.17, 15) is 4.79 Å². The van der Waals surface area contributed by atoms with Crippen LogP contribution in [0.2, 0.25) is 0 Å². The fourth-order valence-corrected chi connectivity index (χ4v) is 0.815. The Hall–Kier alpha value is -0.830. The van der Waals surface area contributed by atoms with Crippen LogP contribution in [-0.4, -0.2) is 18.5 Å². The molecule has 1 atom stereocenters. The molecule has 70 valence electrons. The monoisotopic (exact) mass is 170 g/mol. The Kier molecular flexibility index (Phi) is 6.38. The molecule has 3 nitrogen and oxygen atoms in total. The van der Waals surface area contributed by atoms with Gasteiger partial charge in [-0.1, -0.05) is 6.08 Å². The molecule has 0 rings (SSSR count). The lowest BCUT2D eigenvalue weighted by atomic mass is 10.2. The van der Waals surface area contributed by atoms with E-state index in [1.807, 2.05) is 6.92 Å². The van der Waals surface area contributed by atoms with Crippen molar-refractivity contribution in [1.82, 2.24) is 5.32 Å². The number of carbonyl (C=O) groups is 1. The second-order valence-electron chi connectivity index (χ2n) is 2.84. The SMILES string of the molecule is C=CC(C)NC(=O)CCCCN. The number of rotatable bonds is 6. The Morgan fingerprint density at radius 1 is 1.67 bits per heavy atom. The Morgan fingerprint density at radius 3 is 2.83 bits per heavy atom.